The predicted octanol–water partition coefficient (Wildman–Crippen LogP) is 1.07. The summed E-state index contributed by atoms with van der Waals surface area (Å²) in [5.41, 5.74) is 6.20. The zero-order valence-corrected chi connectivity index (χ0v) is 7.77. The Morgan fingerprint density at radius 1 is 1.45 bits per heavy atom. The van der Waals surface area contributed by atoms with Crippen LogP contribution < -0.4 is 5.73 Å². The Bertz CT molecular complexity index is 119. The molecule has 0 aromatic rings. The van der Waals surface area contributed by atoms with Crippen LogP contribution in [0, 0.1) is 5.41 Å². The predicted molar refractivity (Wildman–Crippen MR) is 48.5 cm³/mol. The minimum atomic E-state index is 0.518. The fourth-order valence-corrected chi connectivity index (χ4v) is 1.64. The summed E-state index contributed by atoms with van der Waals surface area (Å²) < 4.78 is 0. The lowest BCUT2D eigenvalue weighted by atomic mass is 10.1. The molecule has 0 unspecified atom stereocenters. The van der Waals surface area contributed by atoms with Crippen molar-refractivity contribution in [2.24, 2.45) is 11.1 Å². The molecule has 0 amide bonds. The van der Waals surface area contributed by atoms with Gasteiger partial charge in [-0.25, -0.2) is 0 Å². The summed E-state index contributed by atoms with van der Waals surface area (Å²) >= 11 is 0. The van der Waals surface area contributed by atoms with Crippen LogP contribution in [0.2, 0.25) is 0 Å². The van der Waals surface area contributed by atoms with Crippen LogP contribution in [0.5, 0.6) is 0 Å². The molecular weight excluding hydrogens is 136 g/mol. The van der Waals surface area contributed by atoms with Gasteiger partial charge in [0.15, 0.2) is 0 Å². The molecule has 1 fully saturated rings. The highest BCUT2D eigenvalue weighted by molar-refractivity contribution is 4.95. The molecule has 1 rings (SSSR count). The van der Waals surface area contributed by atoms with Gasteiger partial charge in [0.05, 0.1) is 0 Å². The molecule has 2 N–H and O–H groups in total. The first-order chi connectivity index (χ1) is 5.22. The van der Waals surface area contributed by atoms with Crippen LogP contribution in [0.15, 0.2) is 0 Å². The van der Waals surface area contributed by atoms with Gasteiger partial charge in [0, 0.05) is 6.54 Å². The summed E-state index contributed by atoms with van der Waals surface area (Å²) in [6.45, 7) is 5.51. The van der Waals surface area contributed by atoms with Gasteiger partial charge in [0.1, 0.15) is 0 Å². The zero-order chi connectivity index (χ0) is 8.32. The summed E-state index contributed by atoms with van der Waals surface area (Å²) in [7, 11) is 2.19. The van der Waals surface area contributed by atoms with Gasteiger partial charge in [0.2, 0.25) is 0 Å². The summed E-state index contributed by atoms with van der Waals surface area (Å²) in [5.74, 6) is 0. The molecule has 0 aromatic heterocycles. The van der Waals surface area contributed by atoms with E-state index in [0.717, 1.165) is 6.54 Å². The highest BCUT2D eigenvalue weighted by Gasteiger charge is 2.41. The molecule has 0 aromatic carbocycles. The van der Waals surface area contributed by atoms with E-state index in [1.54, 1.807) is 0 Å². The van der Waals surface area contributed by atoms with E-state index in [4.69, 9.17) is 5.73 Å². The molecule has 0 spiro atoms. The maximum Gasteiger partial charge on any atom is 0.00470 e. The summed E-state index contributed by atoms with van der Waals surface area (Å²) in [4.78, 5) is 2.40. The molecule has 0 radical (unpaired) electrons. The number of rotatable bonds is 5. The smallest absolute Gasteiger partial charge is 0.00470 e. The van der Waals surface area contributed by atoms with E-state index < -0.39 is 0 Å². The number of nitrogens with two attached hydrogens (primary N) is 1. The standard InChI is InChI=1S/C9H20N2/c1-3-6-11(2)8-9(7-10)4-5-9/h3-8,10H2,1-2H3. The highest BCUT2D eigenvalue weighted by atomic mass is 15.1. The number of hydrogen-bond acceptors (Lipinski definition) is 2. The molecular formula is C9H20N2. The fourth-order valence-electron chi connectivity index (χ4n) is 1.64. The van der Waals surface area contributed by atoms with E-state index in [1.807, 2.05) is 0 Å². The summed E-state index contributed by atoms with van der Waals surface area (Å²) in [5, 5.41) is 0. The maximum atomic E-state index is 5.69. The van der Waals surface area contributed by atoms with Crippen LogP contribution in [0.4, 0.5) is 0 Å². The number of hydrogen-bond donors (Lipinski definition) is 1. The maximum absolute atomic E-state index is 5.69. The first-order valence-electron chi connectivity index (χ1n) is 4.61. The second kappa shape index (κ2) is 3.55. The molecule has 1 aliphatic rings. The third-order valence-corrected chi connectivity index (χ3v) is 2.60. The zero-order valence-electron chi connectivity index (χ0n) is 7.77. The van der Waals surface area contributed by atoms with E-state index in [9.17, 15) is 0 Å². The van der Waals surface area contributed by atoms with Crippen molar-refractivity contribution in [1.82, 2.24) is 4.90 Å². The van der Waals surface area contributed by atoms with Crippen LogP contribution in [-0.2, 0) is 0 Å². The quantitative estimate of drug-likeness (QED) is 0.645. The van der Waals surface area contributed by atoms with Crippen molar-refractivity contribution in [2.45, 2.75) is 26.2 Å². The van der Waals surface area contributed by atoms with Gasteiger partial charge < -0.3 is 10.6 Å². The molecule has 0 aliphatic heterocycles. The van der Waals surface area contributed by atoms with Crippen LogP contribution in [0.3, 0.4) is 0 Å². The molecule has 66 valence electrons. The molecule has 0 bridgehead atoms. The van der Waals surface area contributed by atoms with Crippen molar-refractivity contribution in [3.05, 3.63) is 0 Å². The van der Waals surface area contributed by atoms with Crippen molar-refractivity contribution >= 4 is 0 Å². The Labute approximate surface area is 69.8 Å². The van der Waals surface area contributed by atoms with Gasteiger partial charge in [0.25, 0.3) is 0 Å². The average Bonchev–Trinajstić information content (AvgIpc) is 2.70. The van der Waals surface area contributed by atoms with Gasteiger partial charge in [-0.1, -0.05) is 6.92 Å². The van der Waals surface area contributed by atoms with Crippen molar-refractivity contribution in [3.63, 3.8) is 0 Å². The molecule has 1 saturated carbocycles. The fraction of sp³-hybridized carbons (Fsp3) is 1.00. The second-order valence-electron chi connectivity index (χ2n) is 3.94. The van der Waals surface area contributed by atoms with Gasteiger partial charge in [-0.05, 0) is 44.8 Å². The molecule has 1 aliphatic carbocycles. The molecule has 0 saturated heterocycles. The first-order valence-corrected chi connectivity index (χ1v) is 4.61. The van der Waals surface area contributed by atoms with E-state index in [1.165, 1.54) is 32.4 Å². The molecule has 11 heavy (non-hydrogen) atoms. The topological polar surface area (TPSA) is 29.3 Å². The van der Waals surface area contributed by atoms with Gasteiger partial charge in [-0.2, -0.15) is 0 Å². The Morgan fingerprint density at radius 2 is 2.09 bits per heavy atom. The molecule has 2 heteroatoms. The van der Waals surface area contributed by atoms with Crippen LogP contribution in [-0.4, -0.2) is 31.6 Å². The lowest BCUT2D eigenvalue weighted by molar-refractivity contribution is 0.267. The van der Waals surface area contributed by atoms with Crippen molar-refractivity contribution in [2.75, 3.05) is 26.7 Å². The monoisotopic (exact) mass is 156 g/mol. The second-order valence-corrected chi connectivity index (χ2v) is 3.94. The van der Waals surface area contributed by atoms with Gasteiger partial charge in [-0.15, -0.1) is 0 Å². The first kappa shape index (κ1) is 9.01. The lowest BCUT2D eigenvalue weighted by Crippen LogP contribution is -2.31. The van der Waals surface area contributed by atoms with E-state index in [0.29, 0.717) is 5.41 Å². The van der Waals surface area contributed by atoms with Crippen LogP contribution in [0.25, 0.3) is 0 Å². The van der Waals surface area contributed by atoms with Gasteiger partial charge >= 0.3 is 0 Å². The SMILES string of the molecule is CCCN(C)CC1(CN)CC1. The Morgan fingerprint density at radius 3 is 2.45 bits per heavy atom. The van der Waals surface area contributed by atoms with Crippen LogP contribution >= 0.6 is 0 Å². The van der Waals surface area contributed by atoms with E-state index >= 15 is 0 Å². The minimum Gasteiger partial charge on any atom is -0.330 e. The van der Waals surface area contributed by atoms with Gasteiger partial charge in [-0.3, -0.25) is 0 Å². The van der Waals surface area contributed by atoms with Crippen LogP contribution in [0.1, 0.15) is 26.2 Å². The summed E-state index contributed by atoms with van der Waals surface area (Å²) in [6, 6.07) is 0. The Hall–Kier alpha value is -0.0800. The van der Waals surface area contributed by atoms with Crippen molar-refractivity contribution in [3.8, 4) is 0 Å². The number of nitrogens with zero attached hydrogens (tertiary/aromatic N) is 1. The molecule has 0 atom stereocenters. The van der Waals surface area contributed by atoms with Crippen molar-refractivity contribution in [1.29, 1.82) is 0 Å². The average molecular weight is 156 g/mol. The Balaban J connectivity index is 2.18. The third kappa shape index (κ3) is 2.46. The normalized spacial score (nSPS) is 20.7. The Kier molecular flexibility index (Phi) is 2.90. The highest BCUT2D eigenvalue weighted by Crippen LogP contribution is 2.44. The van der Waals surface area contributed by atoms with E-state index in [2.05, 4.69) is 18.9 Å². The largest absolute Gasteiger partial charge is 0.330 e. The minimum absolute atomic E-state index is 0.518. The summed E-state index contributed by atoms with van der Waals surface area (Å²) in [6.07, 6.45) is 3.94. The molecule has 2 nitrogen and oxygen atoms in total. The van der Waals surface area contributed by atoms with Crippen molar-refractivity contribution < 1.29 is 0 Å². The lowest BCUT2D eigenvalue weighted by Gasteiger charge is -2.21. The molecule has 0 heterocycles. The third-order valence-electron chi connectivity index (χ3n) is 2.60. The van der Waals surface area contributed by atoms with E-state index in [-0.39, 0.29) is 0 Å².